The van der Waals surface area contributed by atoms with Crippen molar-refractivity contribution in [2.45, 2.75) is 40.2 Å². The Morgan fingerprint density at radius 3 is 2.45 bits per heavy atom. The summed E-state index contributed by atoms with van der Waals surface area (Å²) in [4.78, 5) is 23.0. The molecule has 0 saturated carbocycles. The van der Waals surface area contributed by atoms with Gasteiger partial charge in [-0.05, 0) is 37.5 Å². The molecule has 1 aromatic rings. The van der Waals surface area contributed by atoms with Crippen LogP contribution in [0.4, 0.5) is 0 Å². The third kappa shape index (κ3) is 3.23. The molecule has 20 heavy (non-hydrogen) atoms. The summed E-state index contributed by atoms with van der Waals surface area (Å²) in [6.45, 7) is 6.62. The van der Waals surface area contributed by atoms with Crippen LogP contribution >= 0.6 is 0 Å². The lowest BCUT2D eigenvalue weighted by atomic mass is 10.00. The number of carbonyl (C=O) groups is 2. The van der Waals surface area contributed by atoms with Gasteiger partial charge in [0.15, 0.2) is 0 Å². The Bertz CT molecular complexity index is 568. The number of hydrazone groups is 1. The molecule has 1 aromatic carbocycles. The van der Waals surface area contributed by atoms with Gasteiger partial charge in [-0.1, -0.05) is 17.7 Å². The van der Waals surface area contributed by atoms with Crippen LogP contribution in [0.25, 0.3) is 0 Å². The van der Waals surface area contributed by atoms with E-state index in [2.05, 4.69) is 34.9 Å². The quantitative estimate of drug-likeness (QED) is 0.876. The van der Waals surface area contributed by atoms with Crippen molar-refractivity contribution >= 4 is 17.5 Å². The molecule has 0 fully saturated rings. The number of hydrogen-bond donors (Lipinski definition) is 2. The molecule has 1 aliphatic rings. The van der Waals surface area contributed by atoms with Gasteiger partial charge in [-0.25, -0.2) is 5.43 Å². The minimum Gasteiger partial charge on any atom is -0.347 e. The highest BCUT2D eigenvalue weighted by molar-refractivity contribution is 6.39. The Labute approximate surface area is 118 Å². The molecule has 0 atom stereocenters. The van der Waals surface area contributed by atoms with E-state index in [4.69, 9.17) is 0 Å². The zero-order valence-electron chi connectivity index (χ0n) is 12.0. The highest BCUT2D eigenvalue weighted by atomic mass is 16.2. The Morgan fingerprint density at radius 2 is 1.90 bits per heavy atom. The van der Waals surface area contributed by atoms with Gasteiger partial charge >= 0.3 is 0 Å². The Balaban J connectivity index is 2.02. The number of carbonyl (C=O) groups excluding carboxylic acids is 2. The van der Waals surface area contributed by atoms with Crippen LogP contribution in [0.3, 0.4) is 0 Å². The molecule has 2 N–H and O–H groups in total. The van der Waals surface area contributed by atoms with Gasteiger partial charge in [-0.3, -0.25) is 9.59 Å². The van der Waals surface area contributed by atoms with Crippen molar-refractivity contribution in [3.05, 3.63) is 34.4 Å². The third-order valence-corrected chi connectivity index (χ3v) is 3.43. The molecule has 0 saturated heterocycles. The summed E-state index contributed by atoms with van der Waals surface area (Å²) in [7, 11) is 0. The monoisotopic (exact) mass is 273 g/mol. The average molecular weight is 273 g/mol. The van der Waals surface area contributed by atoms with Crippen LogP contribution in [-0.4, -0.2) is 17.5 Å². The molecule has 2 rings (SSSR count). The van der Waals surface area contributed by atoms with Crippen LogP contribution < -0.4 is 10.7 Å². The first-order valence-electron chi connectivity index (χ1n) is 6.67. The number of nitrogens with zero attached hydrogens (tertiary/aromatic N) is 1. The predicted molar refractivity (Wildman–Crippen MR) is 77.3 cm³/mol. The number of aryl methyl sites for hydroxylation is 3. The number of nitrogens with one attached hydrogen (secondary N) is 2. The smallest absolute Gasteiger partial charge is 0.267 e. The summed E-state index contributed by atoms with van der Waals surface area (Å²) in [6.07, 6.45) is 0.707. The highest BCUT2D eigenvalue weighted by Crippen LogP contribution is 2.16. The molecular formula is C15H19N3O2. The Morgan fingerprint density at radius 1 is 1.25 bits per heavy atom. The largest absolute Gasteiger partial charge is 0.347 e. The van der Waals surface area contributed by atoms with Gasteiger partial charge in [0, 0.05) is 19.4 Å². The van der Waals surface area contributed by atoms with Crippen LogP contribution in [0.2, 0.25) is 0 Å². The normalized spacial score (nSPS) is 14.6. The summed E-state index contributed by atoms with van der Waals surface area (Å²) in [6, 6.07) is 4.21. The van der Waals surface area contributed by atoms with Gasteiger partial charge in [0.25, 0.3) is 5.91 Å². The molecule has 1 aliphatic heterocycles. The molecule has 5 heteroatoms. The summed E-state index contributed by atoms with van der Waals surface area (Å²) in [5, 5.41) is 6.65. The maximum Gasteiger partial charge on any atom is 0.267 e. The van der Waals surface area contributed by atoms with Crippen molar-refractivity contribution in [3.63, 3.8) is 0 Å². The van der Waals surface area contributed by atoms with E-state index in [-0.39, 0.29) is 11.8 Å². The van der Waals surface area contributed by atoms with Crippen molar-refractivity contribution in [1.29, 1.82) is 0 Å². The molecule has 0 bridgehead atoms. The van der Waals surface area contributed by atoms with Gasteiger partial charge < -0.3 is 5.32 Å². The van der Waals surface area contributed by atoms with E-state index in [1.165, 1.54) is 16.7 Å². The minimum atomic E-state index is -0.218. The predicted octanol–water partition coefficient (Wildman–Crippen LogP) is 1.49. The van der Waals surface area contributed by atoms with Crippen molar-refractivity contribution in [2.24, 2.45) is 5.10 Å². The molecular weight excluding hydrogens is 254 g/mol. The van der Waals surface area contributed by atoms with Crippen LogP contribution in [0.1, 0.15) is 35.1 Å². The second-order valence-corrected chi connectivity index (χ2v) is 5.15. The fourth-order valence-electron chi connectivity index (χ4n) is 2.40. The van der Waals surface area contributed by atoms with E-state index in [0.717, 1.165) is 5.56 Å². The molecule has 5 nitrogen and oxygen atoms in total. The summed E-state index contributed by atoms with van der Waals surface area (Å²) < 4.78 is 0. The number of benzene rings is 1. The first-order valence-corrected chi connectivity index (χ1v) is 6.67. The number of hydrogen-bond acceptors (Lipinski definition) is 3. The average Bonchev–Trinajstić information content (AvgIpc) is 2.38. The Hall–Kier alpha value is -2.17. The second kappa shape index (κ2) is 5.86. The van der Waals surface area contributed by atoms with Crippen molar-refractivity contribution in [2.75, 3.05) is 0 Å². The van der Waals surface area contributed by atoms with Gasteiger partial charge in [-0.2, -0.15) is 5.10 Å². The maximum absolute atomic E-state index is 12.0. The Kier molecular flexibility index (Phi) is 4.17. The lowest BCUT2D eigenvalue weighted by molar-refractivity contribution is -0.121. The lowest BCUT2D eigenvalue weighted by Gasteiger charge is -2.14. The first kappa shape index (κ1) is 14.2. The molecule has 2 amide bonds. The highest BCUT2D eigenvalue weighted by Gasteiger charge is 2.18. The zero-order valence-corrected chi connectivity index (χ0v) is 12.0. The van der Waals surface area contributed by atoms with E-state index in [0.29, 0.717) is 25.1 Å². The van der Waals surface area contributed by atoms with Crippen LogP contribution in [0.5, 0.6) is 0 Å². The maximum atomic E-state index is 12.0. The van der Waals surface area contributed by atoms with Crippen molar-refractivity contribution < 1.29 is 9.59 Å². The van der Waals surface area contributed by atoms with E-state index in [9.17, 15) is 9.59 Å². The van der Waals surface area contributed by atoms with E-state index >= 15 is 0 Å². The molecule has 0 aromatic heterocycles. The topological polar surface area (TPSA) is 70.6 Å². The fraction of sp³-hybridized carbons (Fsp3) is 0.400. The number of rotatable bonds is 3. The van der Waals surface area contributed by atoms with Crippen LogP contribution in [0, 0.1) is 20.8 Å². The van der Waals surface area contributed by atoms with Gasteiger partial charge in [0.2, 0.25) is 5.91 Å². The molecule has 0 spiro atoms. The van der Waals surface area contributed by atoms with Gasteiger partial charge in [-0.15, -0.1) is 0 Å². The molecule has 106 valence electrons. The molecule has 1 heterocycles. The summed E-state index contributed by atoms with van der Waals surface area (Å²) in [5.74, 6) is -0.365. The molecule has 0 unspecified atom stereocenters. The SMILES string of the molecule is Cc1cc(C)c(CNC(=O)C2=NNC(=O)CC2)c(C)c1. The third-order valence-electron chi connectivity index (χ3n) is 3.43. The molecule has 0 aliphatic carbocycles. The fourth-order valence-corrected chi connectivity index (χ4v) is 2.40. The van der Waals surface area contributed by atoms with Gasteiger partial charge in [0.1, 0.15) is 5.71 Å². The molecule has 0 radical (unpaired) electrons. The second-order valence-electron chi connectivity index (χ2n) is 5.15. The summed E-state index contributed by atoms with van der Waals surface area (Å²) in [5.41, 5.74) is 7.39. The zero-order chi connectivity index (χ0) is 14.7. The van der Waals surface area contributed by atoms with E-state index in [1.54, 1.807) is 0 Å². The standard InChI is InChI=1S/C15H19N3O2/c1-9-6-10(2)12(11(3)7-9)8-16-15(20)13-4-5-14(19)18-17-13/h6-7H,4-5,8H2,1-3H3,(H,16,20)(H,18,19). The number of amides is 2. The van der Waals surface area contributed by atoms with Crippen LogP contribution in [-0.2, 0) is 16.1 Å². The minimum absolute atomic E-state index is 0.147. The van der Waals surface area contributed by atoms with Crippen LogP contribution in [0.15, 0.2) is 17.2 Å². The van der Waals surface area contributed by atoms with Crippen molar-refractivity contribution in [3.8, 4) is 0 Å². The van der Waals surface area contributed by atoms with Crippen molar-refractivity contribution in [1.82, 2.24) is 10.7 Å². The van der Waals surface area contributed by atoms with Gasteiger partial charge in [0.05, 0.1) is 0 Å². The van der Waals surface area contributed by atoms with E-state index < -0.39 is 0 Å². The van der Waals surface area contributed by atoms with E-state index in [1.807, 2.05) is 13.8 Å². The summed E-state index contributed by atoms with van der Waals surface area (Å²) >= 11 is 0. The first-order chi connectivity index (χ1) is 9.47. The lowest BCUT2D eigenvalue weighted by Crippen LogP contribution is -2.36.